The summed E-state index contributed by atoms with van der Waals surface area (Å²) in [6.07, 6.45) is 0. The molecule has 0 N–H and O–H groups in total. The summed E-state index contributed by atoms with van der Waals surface area (Å²) in [7, 11) is 0. The third-order valence-electron chi connectivity index (χ3n) is 1.62. The predicted octanol–water partition coefficient (Wildman–Crippen LogP) is 2.29. The Morgan fingerprint density at radius 3 is 2.00 bits per heavy atom. The zero-order valence-corrected chi connectivity index (χ0v) is 8.93. The highest BCUT2D eigenvalue weighted by atomic mass is 16.2. The van der Waals surface area contributed by atoms with Crippen LogP contribution in [0.1, 0.15) is 44.3 Å². The van der Waals surface area contributed by atoms with Crippen LogP contribution in [-0.4, -0.2) is 23.3 Å². The van der Waals surface area contributed by atoms with Crippen molar-refractivity contribution in [1.29, 1.82) is 0 Å². The summed E-state index contributed by atoms with van der Waals surface area (Å²) in [5, 5.41) is 0. The molecular formula is C10H21NO. The Morgan fingerprint density at radius 2 is 1.92 bits per heavy atom. The van der Waals surface area contributed by atoms with Gasteiger partial charge in [-0.2, -0.15) is 0 Å². The molecule has 0 radical (unpaired) electrons. The number of hydrogen-bond donors (Lipinski definition) is 0. The van der Waals surface area contributed by atoms with Crippen molar-refractivity contribution in [3.8, 4) is 0 Å². The van der Waals surface area contributed by atoms with E-state index in [0.29, 0.717) is 0 Å². The lowest BCUT2D eigenvalue weighted by atomic mass is 9.94. The molecule has 12 heavy (non-hydrogen) atoms. The summed E-state index contributed by atoms with van der Waals surface area (Å²) in [6, 6.07) is -0.123. The Kier molecular flexibility index (Phi) is 2.64. The van der Waals surface area contributed by atoms with Gasteiger partial charge in [0.25, 0.3) is 0 Å². The van der Waals surface area contributed by atoms with Gasteiger partial charge in [-0.25, -0.2) is 0 Å². The third-order valence-corrected chi connectivity index (χ3v) is 1.62. The molecule has 0 aromatic carbocycles. The molecule has 0 bridgehead atoms. The van der Waals surface area contributed by atoms with E-state index in [2.05, 4.69) is 0 Å². The quantitative estimate of drug-likeness (QED) is 0.627. The average Bonchev–Trinajstić information content (AvgIpc) is 1.79. The third kappa shape index (κ3) is 2.84. The fourth-order valence-corrected chi connectivity index (χ4v) is 0.956. The van der Waals surface area contributed by atoms with Crippen molar-refractivity contribution < 1.29 is 7.54 Å². The van der Waals surface area contributed by atoms with Crippen molar-refractivity contribution >= 4 is 5.91 Å². The first kappa shape index (κ1) is 8.09. The molecule has 0 aliphatic carbocycles. The summed E-state index contributed by atoms with van der Waals surface area (Å²) in [5.74, 6) is -0.153. The second-order valence-corrected chi connectivity index (χ2v) is 4.24. The Bertz CT molecular complexity index is 213. The number of carbonyl (C=O) groups excluding carboxylic acids is 1. The van der Waals surface area contributed by atoms with Crippen molar-refractivity contribution in [2.45, 2.75) is 47.6 Å². The maximum atomic E-state index is 11.9. The largest absolute Gasteiger partial charge is 0.340 e. The minimum atomic E-state index is -1.60. The summed E-state index contributed by atoms with van der Waals surface area (Å²) in [6.45, 7) is 8.87. The van der Waals surface area contributed by atoms with E-state index in [1.807, 2.05) is 13.8 Å². The van der Waals surface area contributed by atoms with Crippen LogP contribution < -0.4 is 0 Å². The standard InChI is InChI=1S/C10H21NO/c1-7-11(8(2)3)9(12)10(4,5)6/h8H,7H2,1-6H3/i7D2. The predicted molar refractivity (Wildman–Crippen MR) is 52.0 cm³/mol. The van der Waals surface area contributed by atoms with E-state index in [9.17, 15) is 4.79 Å². The van der Waals surface area contributed by atoms with Crippen molar-refractivity contribution in [2.24, 2.45) is 5.41 Å². The smallest absolute Gasteiger partial charge is 0.228 e. The molecule has 0 rings (SSSR count). The average molecular weight is 173 g/mol. The Labute approximate surface area is 78.8 Å². The van der Waals surface area contributed by atoms with Crippen molar-refractivity contribution in [3.05, 3.63) is 0 Å². The fourth-order valence-electron chi connectivity index (χ4n) is 0.956. The van der Waals surface area contributed by atoms with Crippen LogP contribution in [0.3, 0.4) is 0 Å². The zero-order valence-electron chi connectivity index (χ0n) is 10.9. The summed E-state index contributed by atoms with van der Waals surface area (Å²) in [5.41, 5.74) is -0.534. The molecular weight excluding hydrogens is 150 g/mol. The molecule has 2 heteroatoms. The van der Waals surface area contributed by atoms with Gasteiger partial charge in [0.05, 0.1) is 0 Å². The first-order valence-corrected chi connectivity index (χ1v) is 4.31. The first-order chi connectivity index (χ1) is 5.98. The first-order valence-electron chi connectivity index (χ1n) is 5.31. The van der Waals surface area contributed by atoms with E-state index in [0.717, 1.165) is 0 Å². The van der Waals surface area contributed by atoms with Crippen molar-refractivity contribution in [2.75, 3.05) is 6.50 Å². The molecule has 1 amide bonds. The van der Waals surface area contributed by atoms with Crippen LogP contribution in [0.15, 0.2) is 0 Å². The number of carbonyl (C=O) groups is 1. The topological polar surface area (TPSA) is 20.3 Å². The molecule has 0 atom stereocenters. The molecule has 0 aromatic rings. The lowest BCUT2D eigenvalue weighted by molar-refractivity contribution is -0.140. The van der Waals surface area contributed by atoms with Crippen molar-refractivity contribution in [3.63, 3.8) is 0 Å². The van der Waals surface area contributed by atoms with Gasteiger partial charge in [-0.05, 0) is 20.8 Å². The number of nitrogens with zero attached hydrogens (tertiary/aromatic N) is 1. The van der Waals surface area contributed by atoms with Crippen LogP contribution in [0.5, 0.6) is 0 Å². The van der Waals surface area contributed by atoms with Crippen LogP contribution in [0.2, 0.25) is 0 Å². The minimum absolute atomic E-state index is 0.123. The highest BCUT2D eigenvalue weighted by molar-refractivity contribution is 5.81. The summed E-state index contributed by atoms with van der Waals surface area (Å²) in [4.78, 5) is 13.2. The summed E-state index contributed by atoms with van der Waals surface area (Å²) < 4.78 is 15.2. The molecule has 0 fully saturated rings. The highest BCUT2D eigenvalue weighted by Crippen LogP contribution is 2.18. The van der Waals surface area contributed by atoms with Crippen LogP contribution in [0.4, 0.5) is 0 Å². The van der Waals surface area contributed by atoms with Gasteiger partial charge in [0.1, 0.15) is 0 Å². The number of hydrogen-bond acceptors (Lipinski definition) is 1. The molecule has 72 valence electrons. The zero-order chi connectivity index (χ0) is 11.7. The second kappa shape index (κ2) is 3.92. The Hall–Kier alpha value is -0.530. The van der Waals surface area contributed by atoms with Crippen molar-refractivity contribution in [1.82, 2.24) is 4.90 Å². The van der Waals surface area contributed by atoms with Gasteiger partial charge in [0, 0.05) is 20.7 Å². The minimum Gasteiger partial charge on any atom is -0.340 e. The van der Waals surface area contributed by atoms with E-state index in [4.69, 9.17) is 2.74 Å². The van der Waals surface area contributed by atoms with E-state index in [1.54, 1.807) is 20.8 Å². The second-order valence-electron chi connectivity index (χ2n) is 4.24. The monoisotopic (exact) mass is 173 g/mol. The maximum Gasteiger partial charge on any atom is 0.228 e. The molecule has 0 aromatic heterocycles. The van der Waals surface area contributed by atoms with Gasteiger partial charge in [-0.3, -0.25) is 4.79 Å². The van der Waals surface area contributed by atoms with Gasteiger partial charge in [0.2, 0.25) is 5.91 Å². The van der Waals surface area contributed by atoms with E-state index >= 15 is 0 Å². The SMILES string of the molecule is [2H]C([2H])(C)N(C(=O)C(C)(C)C)C(C)C. The number of rotatable bonds is 2. The molecule has 2 nitrogen and oxygen atoms in total. The molecule has 0 aliphatic heterocycles. The van der Waals surface area contributed by atoms with Gasteiger partial charge >= 0.3 is 0 Å². The normalized spacial score (nSPS) is 15.6. The summed E-state index contributed by atoms with van der Waals surface area (Å²) >= 11 is 0. The van der Waals surface area contributed by atoms with Crippen LogP contribution >= 0.6 is 0 Å². The maximum absolute atomic E-state index is 11.9. The van der Waals surface area contributed by atoms with Gasteiger partial charge in [-0.15, -0.1) is 0 Å². The van der Waals surface area contributed by atoms with Crippen LogP contribution in [0, 0.1) is 5.41 Å². The lowest BCUT2D eigenvalue weighted by Crippen LogP contribution is -2.43. The number of amides is 1. The van der Waals surface area contributed by atoms with Gasteiger partial charge in [-0.1, -0.05) is 20.8 Å². The van der Waals surface area contributed by atoms with E-state index in [-0.39, 0.29) is 11.9 Å². The molecule has 0 aliphatic rings. The van der Waals surface area contributed by atoms with Crippen LogP contribution in [0.25, 0.3) is 0 Å². The molecule has 0 heterocycles. The van der Waals surface area contributed by atoms with E-state index < -0.39 is 11.9 Å². The molecule has 0 saturated heterocycles. The Morgan fingerprint density at radius 1 is 1.50 bits per heavy atom. The molecule has 0 saturated carbocycles. The lowest BCUT2D eigenvalue weighted by Gasteiger charge is -2.31. The molecule has 0 spiro atoms. The van der Waals surface area contributed by atoms with Gasteiger partial charge in [0.15, 0.2) is 0 Å². The highest BCUT2D eigenvalue weighted by Gasteiger charge is 2.27. The van der Waals surface area contributed by atoms with Crippen LogP contribution in [-0.2, 0) is 4.79 Å². The van der Waals surface area contributed by atoms with Gasteiger partial charge < -0.3 is 4.90 Å². The molecule has 0 unspecified atom stereocenters. The fraction of sp³-hybridized carbons (Fsp3) is 0.900. The van der Waals surface area contributed by atoms with E-state index in [1.165, 1.54) is 11.8 Å². The Balaban J connectivity index is 4.97.